The maximum absolute atomic E-state index is 12.9. The number of unbranched alkanes of at least 4 members (excludes halogenated alkanes) is 13. The zero-order valence-electron chi connectivity index (χ0n) is 35.6. The molecule has 0 saturated carbocycles. The Morgan fingerprint density at radius 3 is 1.68 bits per heavy atom. The van der Waals surface area contributed by atoms with E-state index in [-0.39, 0.29) is 18.9 Å². The van der Waals surface area contributed by atoms with Gasteiger partial charge in [-0.05, 0) is 83.5 Å². The van der Waals surface area contributed by atoms with Crippen LogP contribution in [0.1, 0.15) is 155 Å². The van der Waals surface area contributed by atoms with E-state index in [0.717, 1.165) is 64.2 Å². The summed E-state index contributed by atoms with van der Waals surface area (Å²) in [7, 11) is 0. The average Bonchev–Trinajstić information content (AvgIpc) is 3.21. The van der Waals surface area contributed by atoms with E-state index in [4.69, 9.17) is 9.47 Å². The van der Waals surface area contributed by atoms with E-state index in [1.165, 1.54) is 57.8 Å². The van der Waals surface area contributed by atoms with Crippen molar-refractivity contribution in [3.05, 3.63) is 85.1 Å². The van der Waals surface area contributed by atoms with Crippen LogP contribution in [0, 0.1) is 0 Å². The molecule has 0 radical (unpaired) electrons. The number of carbonyl (C=O) groups excluding carboxylic acids is 1. The molecule has 0 aliphatic carbocycles. The van der Waals surface area contributed by atoms with Crippen molar-refractivity contribution in [3.63, 3.8) is 0 Å². The second kappa shape index (κ2) is 37.6. The molecule has 1 rings (SSSR count). The standard InChI is InChI=1S/C48H81NO8/c1-3-5-7-9-11-13-15-17-19-20-21-22-24-25-27-29-31-33-35-37-42(51)41(40-56-48-47(55)46(54)45(53)43(39-50)57-48)49-44(52)38-36-34-32-30-28-26-23-18-16-14-12-10-8-6-4-2/h6,8,12,14,18,21-23,27-30,35,37,41-43,45-48,50-51,53-55H,3-5,7,9-11,13,15-17,19-20,24-26,31-34,36,38-40H2,1-2H3,(H,49,52)/b8-6-,14-12-,22-21+,23-18-,29-27+,30-28-,37-35+. The van der Waals surface area contributed by atoms with Crippen molar-refractivity contribution in [2.45, 2.75) is 198 Å². The third-order valence-electron chi connectivity index (χ3n) is 9.93. The molecule has 326 valence electrons. The Balaban J connectivity index is 2.46. The van der Waals surface area contributed by atoms with Crippen molar-refractivity contribution in [2.75, 3.05) is 13.2 Å². The number of ether oxygens (including phenoxy) is 2. The number of nitrogens with one attached hydrogen (secondary N) is 1. The van der Waals surface area contributed by atoms with E-state index in [1.807, 2.05) is 6.08 Å². The first-order chi connectivity index (χ1) is 27.8. The van der Waals surface area contributed by atoms with Crippen molar-refractivity contribution in [1.82, 2.24) is 5.32 Å². The summed E-state index contributed by atoms with van der Waals surface area (Å²) in [5.74, 6) is -0.236. The SMILES string of the molecule is CC/C=C\C/C=C\C/C=C\C/C=C\CCCCC(=O)NC(COC1OC(CO)C(O)C(O)C1O)C(O)/C=C/CC/C=C/CC/C=C/CCCCCCCCCCC. The van der Waals surface area contributed by atoms with E-state index in [0.29, 0.717) is 12.8 Å². The van der Waals surface area contributed by atoms with Gasteiger partial charge in [-0.1, -0.05) is 150 Å². The van der Waals surface area contributed by atoms with Gasteiger partial charge in [0.2, 0.25) is 5.91 Å². The predicted molar refractivity (Wildman–Crippen MR) is 235 cm³/mol. The Labute approximate surface area is 346 Å². The van der Waals surface area contributed by atoms with E-state index in [9.17, 15) is 30.3 Å². The molecule has 7 unspecified atom stereocenters. The third-order valence-corrected chi connectivity index (χ3v) is 9.93. The van der Waals surface area contributed by atoms with E-state index < -0.39 is 49.5 Å². The fraction of sp³-hybridized carbons (Fsp3) is 0.688. The topological polar surface area (TPSA) is 149 Å². The minimum Gasteiger partial charge on any atom is -0.394 e. The zero-order valence-corrected chi connectivity index (χ0v) is 35.6. The zero-order chi connectivity index (χ0) is 41.6. The largest absolute Gasteiger partial charge is 0.394 e. The molecular weight excluding hydrogens is 719 g/mol. The highest BCUT2D eigenvalue weighted by Crippen LogP contribution is 2.22. The Kier molecular flexibility index (Phi) is 34.6. The Morgan fingerprint density at radius 2 is 1.11 bits per heavy atom. The van der Waals surface area contributed by atoms with Gasteiger partial charge in [0.25, 0.3) is 0 Å². The first-order valence-electron chi connectivity index (χ1n) is 22.3. The highest BCUT2D eigenvalue weighted by molar-refractivity contribution is 5.76. The summed E-state index contributed by atoms with van der Waals surface area (Å²) in [4.78, 5) is 12.9. The molecule has 1 amide bonds. The van der Waals surface area contributed by atoms with Gasteiger partial charge in [0.1, 0.15) is 24.4 Å². The second-order valence-corrected chi connectivity index (χ2v) is 15.1. The van der Waals surface area contributed by atoms with E-state index >= 15 is 0 Å². The molecule has 1 fully saturated rings. The summed E-state index contributed by atoms with van der Waals surface area (Å²) < 4.78 is 11.2. The lowest BCUT2D eigenvalue weighted by Crippen LogP contribution is -2.60. The van der Waals surface area contributed by atoms with Crippen LogP contribution in [0.2, 0.25) is 0 Å². The Hall–Kier alpha value is -2.63. The minimum absolute atomic E-state index is 0.228. The van der Waals surface area contributed by atoms with Gasteiger partial charge >= 0.3 is 0 Å². The maximum atomic E-state index is 12.9. The number of amides is 1. The van der Waals surface area contributed by atoms with Gasteiger partial charge in [-0.15, -0.1) is 0 Å². The highest BCUT2D eigenvalue weighted by atomic mass is 16.7. The molecule has 0 aromatic carbocycles. The number of allylic oxidation sites excluding steroid dienone is 13. The number of rotatable bonds is 35. The van der Waals surface area contributed by atoms with Gasteiger partial charge in [0.05, 0.1) is 25.4 Å². The summed E-state index contributed by atoms with van der Waals surface area (Å²) in [6, 6.07) is -0.853. The predicted octanol–water partition coefficient (Wildman–Crippen LogP) is 9.16. The molecule has 7 atom stereocenters. The molecule has 1 heterocycles. The quantitative estimate of drug-likeness (QED) is 0.0275. The number of aliphatic hydroxyl groups excluding tert-OH is 5. The molecule has 1 aliphatic heterocycles. The number of hydrogen-bond acceptors (Lipinski definition) is 8. The highest BCUT2D eigenvalue weighted by Gasteiger charge is 2.44. The molecule has 1 saturated heterocycles. The molecule has 0 spiro atoms. The fourth-order valence-corrected chi connectivity index (χ4v) is 6.35. The van der Waals surface area contributed by atoms with Crippen LogP contribution in [0.15, 0.2) is 85.1 Å². The molecule has 6 N–H and O–H groups in total. The number of carbonyl (C=O) groups is 1. The van der Waals surface area contributed by atoms with Gasteiger partial charge in [-0.2, -0.15) is 0 Å². The third kappa shape index (κ3) is 28.4. The molecule has 0 bridgehead atoms. The number of aliphatic hydroxyl groups is 5. The van der Waals surface area contributed by atoms with Crippen LogP contribution >= 0.6 is 0 Å². The molecule has 1 aliphatic rings. The van der Waals surface area contributed by atoms with Crippen LogP contribution in [-0.2, 0) is 14.3 Å². The monoisotopic (exact) mass is 800 g/mol. The van der Waals surface area contributed by atoms with E-state index in [2.05, 4.69) is 92.1 Å². The lowest BCUT2D eigenvalue weighted by atomic mass is 9.99. The Bertz CT molecular complexity index is 1160. The van der Waals surface area contributed by atoms with Crippen LogP contribution in [0.4, 0.5) is 0 Å². The lowest BCUT2D eigenvalue weighted by molar-refractivity contribution is -0.302. The first-order valence-corrected chi connectivity index (χ1v) is 22.3. The maximum Gasteiger partial charge on any atom is 0.220 e. The van der Waals surface area contributed by atoms with Gasteiger partial charge in [-0.25, -0.2) is 0 Å². The van der Waals surface area contributed by atoms with Crippen LogP contribution < -0.4 is 5.32 Å². The molecule has 57 heavy (non-hydrogen) atoms. The molecule has 9 nitrogen and oxygen atoms in total. The van der Waals surface area contributed by atoms with Crippen molar-refractivity contribution in [1.29, 1.82) is 0 Å². The average molecular weight is 800 g/mol. The molecule has 9 heteroatoms. The fourth-order valence-electron chi connectivity index (χ4n) is 6.35. The summed E-state index contributed by atoms with van der Waals surface area (Å²) in [6.45, 7) is 3.58. The van der Waals surface area contributed by atoms with Crippen LogP contribution in [0.5, 0.6) is 0 Å². The van der Waals surface area contributed by atoms with Crippen molar-refractivity contribution >= 4 is 5.91 Å². The van der Waals surface area contributed by atoms with Crippen molar-refractivity contribution in [2.24, 2.45) is 0 Å². The van der Waals surface area contributed by atoms with Gasteiger partial charge < -0.3 is 40.3 Å². The van der Waals surface area contributed by atoms with Gasteiger partial charge in [-0.3, -0.25) is 4.79 Å². The normalized spacial score (nSPS) is 21.8. The van der Waals surface area contributed by atoms with Gasteiger partial charge in [0.15, 0.2) is 6.29 Å². The summed E-state index contributed by atoms with van der Waals surface area (Å²) in [6.07, 6.45) is 44.9. The minimum atomic E-state index is -1.59. The Morgan fingerprint density at radius 1 is 0.614 bits per heavy atom. The van der Waals surface area contributed by atoms with Crippen molar-refractivity contribution < 1.29 is 39.8 Å². The van der Waals surface area contributed by atoms with Crippen LogP contribution in [0.3, 0.4) is 0 Å². The van der Waals surface area contributed by atoms with Gasteiger partial charge in [0, 0.05) is 6.42 Å². The smallest absolute Gasteiger partial charge is 0.220 e. The molecule has 0 aromatic rings. The first kappa shape index (κ1) is 52.4. The van der Waals surface area contributed by atoms with Crippen LogP contribution in [-0.4, -0.2) is 87.5 Å². The number of hydrogen-bond donors (Lipinski definition) is 6. The molecule has 0 aromatic heterocycles. The van der Waals surface area contributed by atoms with Crippen LogP contribution in [0.25, 0.3) is 0 Å². The lowest BCUT2D eigenvalue weighted by Gasteiger charge is -2.40. The summed E-state index contributed by atoms with van der Waals surface area (Å²) in [5.41, 5.74) is 0. The summed E-state index contributed by atoms with van der Waals surface area (Å²) in [5, 5.41) is 54.1. The summed E-state index contributed by atoms with van der Waals surface area (Å²) >= 11 is 0. The van der Waals surface area contributed by atoms with E-state index in [1.54, 1.807) is 6.08 Å². The van der Waals surface area contributed by atoms with Crippen molar-refractivity contribution in [3.8, 4) is 0 Å². The second-order valence-electron chi connectivity index (χ2n) is 15.1. The molecular formula is C48H81NO8.